The molecule has 0 amide bonds. The van der Waals surface area contributed by atoms with Gasteiger partial charge in [-0.25, -0.2) is 0 Å². The largest absolute Gasteiger partial charge is 0.364 e. The number of benzene rings is 2. The van der Waals surface area contributed by atoms with Crippen molar-refractivity contribution in [3.63, 3.8) is 0 Å². The van der Waals surface area contributed by atoms with E-state index in [-0.39, 0.29) is 12.3 Å². The van der Waals surface area contributed by atoms with Gasteiger partial charge in [0, 0.05) is 11.6 Å². The molecule has 0 aliphatic rings. The van der Waals surface area contributed by atoms with Crippen LogP contribution in [0, 0.1) is 21.4 Å². The predicted octanol–water partition coefficient (Wildman–Crippen LogP) is 2.67. The molecule has 2 rings (SSSR count). The summed E-state index contributed by atoms with van der Waals surface area (Å²) in [6.07, 6.45) is -1.32. The average Bonchev–Trinajstić information content (AvgIpc) is 2.52. The van der Waals surface area contributed by atoms with Crippen molar-refractivity contribution in [3.05, 3.63) is 75.3 Å². The molecule has 0 heterocycles. The lowest BCUT2D eigenvalue weighted by molar-refractivity contribution is -0.386. The third kappa shape index (κ3) is 3.42. The van der Waals surface area contributed by atoms with Crippen molar-refractivity contribution in [3.8, 4) is 6.07 Å². The highest BCUT2D eigenvalue weighted by Gasteiger charge is 2.16. The number of hydrogen-bond donors (Lipinski definition) is 1. The number of nitro groups is 1. The summed E-state index contributed by atoms with van der Waals surface area (Å²) in [6.45, 7) is -0.127. The number of para-hydroxylation sites is 1. The van der Waals surface area contributed by atoms with Crippen molar-refractivity contribution in [2.75, 3.05) is 0 Å². The van der Waals surface area contributed by atoms with Gasteiger partial charge in [-0.05, 0) is 12.1 Å². The number of nitrogens with zero attached hydrogens (tertiary/aromatic N) is 2. The van der Waals surface area contributed by atoms with Crippen LogP contribution in [0.1, 0.15) is 23.0 Å². The fourth-order valence-corrected chi connectivity index (χ4v) is 1.88. The van der Waals surface area contributed by atoms with Crippen molar-refractivity contribution in [2.24, 2.45) is 0 Å². The number of hydrogen-bond acceptors (Lipinski definition) is 5. The summed E-state index contributed by atoms with van der Waals surface area (Å²) in [5, 5.41) is 29.8. The van der Waals surface area contributed by atoms with Gasteiger partial charge in [0.25, 0.3) is 5.69 Å². The molecule has 0 bridgehead atoms. The van der Waals surface area contributed by atoms with E-state index >= 15 is 0 Å². The first-order valence-electron chi connectivity index (χ1n) is 6.14. The molecule has 6 nitrogen and oxygen atoms in total. The van der Waals surface area contributed by atoms with Crippen LogP contribution in [0.5, 0.6) is 0 Å². The highest BCUT2D eigenvalue weighted by atomic mass is 16.6. The van der Waals surface area contributed by atoms with E-state index in [1.54, 1.807) is 42.5 Å². The summed E-state index contributed by atoms with van der Waals surface area (Å²) in [6, 6.07) is 14.6. The van der Waals surface area contributed by atoms with E-state index in [0.29, 0.717) is 16.7 Å². The number of aliphatic hydroxyl groups excluding tert-OH is 1. The van der Waals surface area contributed by atoms with Gasteiger partial charge in [-0.1, -0.05) is 30.3 Å². The Hall–Kier alpha value is -2.75. The highest BCUT2D eigenvalue weighted by molar-refractivity contribution is 5.40. The topological polar surface area (TPSA) is 96.4 Å². The molecule has 21 heavy (non-hydrogen) atoms. The number of aliphatic hydroxyl groups is 1. The number of rotatable bonds is 5. The summed E-state index contributed by atoms with van der Waals surface area (Å²) in [7, 11) is 0. The second kappa shape index (κ2) is 6.61. The Morgan fingerprint density at radius 3 is 2.62 bits per heavy atom. The second-order valence-electron chi connectivity index (χ2n) is 4.25. The Morgan fingerprint density at radius 1 is 1.24 bits per heavy atom. The van der Waals surface area contributed by atoms with E-state index in [0.717, 1.165) is 0 Å². The van der Waals surface area contributed by atoms with Gasteiger partial charge in [0.1, 0.15) is 0 Å². The molecular weight excluding hydrogens is 272 g/mol. The van der Waals surface area contributed by atoms with Crippen LogP contribution in [0.2, 0.25) is 0 Å². The minimum atomic E-state index is -1.32. The summed E-state index contributed by atoms with van der Waals surface area (Å²) < 4.78 is 5.25. The molecule has 0 radical (unpaired) electrons. The first-order valence-corrected chi connectivity index (χ1v) is 6.14. The zero-order valence-electron chi connectivity index (χ0n) is 11.0. The summed E-state index contributed by atoms with van der Waals surface area (Å²) >= 11 is 0. The van der Waals surface area contributed by atoms with Crippen molar-refractivity contribution < 1.29 is 14.8 Å². The van der Waals surface area contributed by atoms with Gasteiger partial charge in [-0.15, -0.1) is 0 Å². The third-order valence-electron chi connectivity index (χ3n) is 2.93. The molecular formula is C15H12N2O4. The summed E-state index contributed by atoms with van der Waals surface area (Å²) in [5.74, 6) is 0. The Labute approximate surface area is 121 Å². The molecule has 0 saturated heterocycles. The minimum Gasteiger partial charge on any atom is -0.364 e. The molecule has 0 spiro atoms. The lowest BCUT2D eigenvalue weighted by atomic mass is 10.1. The first-order chi connectivity index (χ1) is 10.1. The second-order valence-corrected chi connectivity index (χ2v) is 4.25. The molecule has 0 saturated carbocycles. The number of nitriles is 1. The van der Waals surface area contributed by atoms with E-state index in [1.807, 2.05) is 6.07 Å². The maximum absolute atomic E-state index is 10.9. The van der Waals surface area contributed by atoms with Gasteiger partial charge in [-0.3, -0.25) is 10.1 Å². The highest BCUT2D eigenvalue weighted by Crippen LogP contribution is 2.23. The van der Waals surface area contributed by atoms with Gasteiger partial charge >= 0.3 is 0 Å². The van der Waals surface area contributed by atoms with Gasteiger partial charge in [0.05, 0.1) is 28.7 Å². The monoisotopic (exact) mass is 284 g/mol. The number of nitro benzene ring substituents is 1. The SMILES string of the molecule is N#Cc1ccccc1C(O)OCc1ccccc1[N+](=O)[O-]. The standard InChI is InChI=1S/C15H12N2O4/c16-9-11-5-1-3-7-13(11)15(18)21-10-12-6-2-4-8-14(12)17(19)20/h1-8,15,18H,10H2. The lowest BCUT2D eigenvalue weighted by Gasteiger charge is -2.13. The van der Waals surface area contributed by atoms with Crippen LogP contribution in [0.3, 0.4) is 0 Å². The van der Waals surface area contributed by atoms with Crippen molar-refractivity contribution in [2.45, 2.75) is 12.9 Å². The third-order valence-corrected chi connectivity index (χ3v) is 2.93. The van der Waals surface area contributed by atoms with Crippen molar-refractivity contribution in [1.82, 2.24) is 0 Å². The molecule has 2 aromatic carbocycles. The van der Waals surface area contributed by atoms with Gasteiger partial charge in [-0.2, -0.15) is 5.26 Å². The van der Waals surface area contributed by atoms with E-state index in [1.165, 1.54) is 6.07 Å². The molecule has 106 valence electrons. The Balaban J connectivity index is 2.14. The predicted molar refractivity (Wildman–Crippen MR) is 74.0 cm³/mol. The number of ether oxygens (including phenoxy) is 1. The van der Waals surface area contributed by atoms with Crippen LogP contribution in [0.15, 0.2) is 48.5 Å². The maximum Gasteiger partial charge on any atom is 0.274 e. The smallest absolute Gasteiger partial charge is 0.274 e. The zero-order valence-corrected chi connectivity index (χ0v) is 11.0. The molecule has 0 aromatic heterocycles. The Kier molecular flexibility index (Phi) is 4.61. The molecule has 1 unspecified atom stereocenters. The van der Waals surface area contributed by atoms with Gasteiger partial charge in [0.15, 0.2) is 6.29 Å². The van der Waals surface area contributed by atoms with Gasteiger partial charge < -0.3 is 9.84 Å². The molecule has 6 heteroatoms. The average molecular weight is 284 g/mol. The van der Waals surface area contributed by atoms with Crippen molar-refractivity contribution in [1.29, 1.82) is 5.26 Å². The zero-order chi connectivity index (χ0) is 15.2. The van der Waals surface area contributed by atoms with E-state index in [9.17, 15) is 15.2 Å². The van der Waals surface area contributed by atoms with Crippen LogP contribution in [-0.4, -0.2) is 10.0 Å². The van der Waals surface area contributed by atoms with Crippen LogP contribution in [0.4, 0.5) is 5.69 Å². The quantitative estimate of drug-likeness (QED) is 0.517. The van der Waals surface area contributed by atoms with Crippen molar-refractivity contribution >= 4 is 5.69 Å². The molecule has 0 aliphatic carbocycles. The molecule has 0 aliphatic heterocycles. The van der Waals surface area contributed by atoms with Crippen LogP contribution in [-0.2, 0) is 11.3 Å². The minimum absolute atomic E-state index is 0.0710. The van der Waals surface area contributed by atoms with Gasteiger partial charge in [0.2, 0.25) is 0 Å². The fraction of sp³-hybridized carbons (Fsp3) is 0.133. The van der Waals surface area contributed by atoms with E-state index < -0.39 is 11.2 Å². The molecule has 2 aromatic rings. The summed E-state index contributed by atoms with van der Waals surface area (Å²) in [4.78, 5) is 10.4. The van der Waals surface area contributed by atoms with E-state index in [2.05, 4.69) is 0 Å². The Morgan fingerprint density at radius 2 is 1.90 bits per heavy atom. The first kappa shape index (κ1) is 14.7. The molecule has 0 fully saturated rings. The molecule has 1 N–H and O–H groups in total. The van der Waals surface area contributed by atoms with E-state index in [4.69, 9.17) is 10.00 Å². The lowest BCUT2D eigenvalue weighted by Crippen LogP contribution is -2.06. The van der Waals surface area contributed by atoms with Crippen LogP contribution < -0.4 is 0 Å². The normalized spacial score (nSPS) is 11.6. The van der Waals surface area contributed by atoms with Crippen LogP contribution in [0.25, 0.3) is 0 Å². The maximum atomic E-state index is 10.9. The van der Waals surface area contributed by atoms with Crippen LogP contribution >= 0.6 is 0 Å². The Bertz CT molecular complexity index is 694. The summed E-state index contributed by atoms with van der Waals surface area (Å²) in [5.41, 5.74) is 0.917. The molecule has 1 atom stereocenters. The fourth-order valence-electron chi connectivity index (χ4n) is 1.88.